The zero-order chi connectivity index (χ0) is 15.6. The number of carbonyl (C=O) groups excluding carboxylic acids is 1. The molecule has 0 atom stereocenters. The first-order valence-electron chi connectivity index (χ1n) is 5.65. The van der Waals surface area contributed by atoms with Gasteiger partial charge < -0.3 is 26.0 Å². The summed E-state index contributed by atoms with van der Waals surface area (Å²) in [6, 6.07) is 5.02. The van der Waals surface area contributed by atoms with Gasteiger partial charge in [0.1, 0.15) is 5.82 Å². The van der Waals surface area contributed by atoms with Crippen LogP contribution in [0.2, 0.25) is 5.02 Å². The van der Waals surface area contributed by atoms with E-state index in [0.717, 1.165) is 18.2 Å². The Morgan fingerprint density at radius 1 is 1.00 bits per heavy atom. The van der Waals surface area contributed by atoms with Crippen molar-refractivity contribution in [3.63, 3.8) is 0 Å². The van der Waals surface area contributed by atoms with Crippen molar-refractivity contribution in [1.29, 1.82) is 0 Å². The van der Waals surface area contributed by atoms with Crippen molar-refractivity contribution >= 4 is 29.0 Å². The number of halogens is 2. The Hall–Kier alpha value is -2.67. The normalized spacial score (nSPS) is 10.2. The van der Waals surface area contributed by atoms with Crippen molar-refractivity contribution < 1.29 is 24.5 Å². The average Bonchev–Trinajstić information content (AvgIpc) is 2.40. The topological polar surface area (TPSA) is 102 Å². The van der Waals surface area contributed by atoms with Gasteiger partial charge in [0.2, 0.25) is 0 Å². The number of phenols is 3. The SMILES string of the molecule is O=C(Nc1cc(O)c(O)c(O)c1)Nc1ccc(F)c(Cl)c1. The minimum atomic E-state index is -0.706. The molecule has 0 radical (unpaired) electrons. The van der Waals surface area contributed by atoms with E-state index in [0.29, 0.717) is 0 Å². The molecule has 110 valence electrons. The Kier molecular flexibility index (Phi) is 4.04. The molecule has 6 nitrogen and oxygen atoms in total. The summed E-state index contributed by atoms with van der Waals surface area (Å²) in [5.74, 6) is -2.48. The predicted octanol–water partition coefficient (Wildman–Crippen LogP) is 3.24. The summed E-state index contributed by atoms with van der Waals surface area (Å²) in [4.78, 5) is 11.7. The van der Waals surface area contributed by atoms with Crippen LogP contribution >= 0.6 is 11.6 Å². The van der Waals surface area contributed by atoms with Gasteiger partial charge in [-0.05, 0) is 18.2 Å². The van der Waals surface area contributed by atoms with Crippen LogP contribution in [0.1, 0.15) is 0 Å². The summed E-state index contributed by atoms with van der Waals surface area (Å²) in [6.45, 7) is 0. The van der Waals surface area contributed by atoms with E-state index in [1.807, 2.05) is 0 Å². The second-order valence-electron chi connectivity index (χ2n) is 4.07. The zero-order valence-corrected chi connectivity index (χ0v) is 11.1. The van der Waals surface area contributed by atoms with Crippen molar-refractivity contribution in [1.82, 2.24) is 0 Å². The maximum atomic E-state index is 13.0. The van der Waals surface area contributed by atoms with E-state index in [9.17, 15) is 24.5 Å². The molecule has 21 heavy (non-hydrogen) atoms. The molecule has 0 heterocycles. The highest BCUT2D eigenvalue weighted by Crippen LogP contribution is 2.37. The number of rotatable bonds is 2. The van der Waals surface area contributed by atoms with Crippen molar-refractivity contribution in [2.24, 2.45) is 0 Å². The van der Waals surface area contributed by atoms with Crippen LogP contribution in [0, 0.1) is 5.82 Å². The number of aromatic hydroxyl groups is 3. The van der Waals surface area contributed by atoms with Crippen LogP contribution in [0.5, 0.6) is 17.2 Å². The first-order chi connectivity index (χ1) is 9.86. The van der Waals surface area contributed by atoms with Gasteiger partial charge in [0.25, 0.3) is 0 Å². The molecule has 2 amide bonds. The number of hydrogen-bond donors (Lipinski definition) is 5. The second kappa shape index (κ2) is 5.76. The molecule has 0 saturated carbocycles. The predicted molar refractivity (Wildman–Crippen MR) is 75.5 cm³/mol. The van der Waals surface area contributed by atoms with Gasteiger partial charge in [-0.25, -0.2) is 9.18 Å². The van der Waals surface area contributed by atoms with E-state index in [1.54, 1.807) is 0 Å². The number of urea groups is 1. The number of nitrogens with one attached hydrogen (secondary N) is 2. The minimum absolute atomic E-state index is 0.0495. The van der Waals surface area contributed by atoms with E-state index in [4.69, 9.17) is 11.6 Å². The lowest BCUT2D eigenvalue weighted by molar-refractivity contribution is 0.262. The fraction of sp³-hybridized carbons (Fsp3) is 0. The zero-order valence-electron chi connectivity index (χ0n) is 10.4. The summed E-state index contributed by atoms with van der Waals surface area (Å²) in [5, 5.41) is 32.4. The Morgan fingerprint density at radius 2 is 1.57 bits per heavy atom. The molecule has 2 aromatic carbocycles. The van der Waals surface area contributed by atoms with Gasteiger partial charge in [-0.1, -0.05) is 11.6 Å². The molecule has 0 aliphatic rings. The number of hydrogen-bond acceptors (Lipinski definition) is 4. The van der Waals surface area contributed by atoms with Gasteiger partial charge in [0.05, 0.1) is 10.7 Å². The molecule has 0 aliphatic carbocycles. The lowest BCUT2D eigenvalue weighted by Crippen LogP contribution is -2.19. The third-order valence-corrected chi connectivity index (χ3v) is 2.79. The molecule has 0 bridgehead atoms. The summed E-state index contributed by atoms with van der Waals surface area (Å²) in [6.07, 6.45) is 0. The highest BCUT2D eigenvalue weighted by Gasteiger charge is 2.10. The van der Waals surface area contributed by atoms with Crippen LogP contribution in [0.3, 0.4) is 0 Å². The molecule has 5 N–H and O–H groups in total. The average molecular weight is 313 g/mol. The molecule has 2 rings (SSSR count). The maximum Gasteiger partial charge on any atom is 0.323 e. The van der Waals surface area contributed by atoms with Crippen LogP contribution in [-0.2, 0) is 0 Å². The van der Waals surface area contributed by atoms with Crippen molar-refractivity contribution in [3.05, 3.63) is 41.2 Å². The van der Waals surface area contributed by atoms with E-state index in [1.165, 1.54) is 12.1 Å². The second-order valence-corrected chi connectivity index (χ2v) is 4.48. The molecule has 0 aromatic heterocycles. The van der Waals surface area contributed by atoms with Crippen molar-refractivity contribution in [2.45, 2.75) is 0 Å². The Morgan fingerprint density at radius 3 is 2.14 bits per heavy atom. The van der Waals surface area contributed by atoms with Gasteiger partial charge in [0.15, 0.2) is 17.2 Å². The molecule has 8 heteroatoms. The molecule has 0 fully saturated rings. The number of benzene rings is 2. The molecule has 0 saturated heterocycles. The van der Waals surface area contributed by atoms with E-state index in [-0.39, 0.29) is 16.4 Å². The first kappa shape index (κ1) is 14.7. The third-order valence-electron chi connectivity index (χ3n) is 2.51. The standard InChI is InChI=1S/C13H10ClFN2O4/c14-8-3-6(1-2-9(8)15)16-13(21)17-7-4-10(18)12(20)11(19)5-7/h1-5,18-20H,(H2,16,17,21). The van der Waals surface area contributed by atoms with Crippen molar-refractivity contribution in [3.8, 4) is 17.2 Å². The van der Waals surface area contributed by atoms with Gasteiger partial charge in [-0.15, -0.1) is 0 Å². The maximum absolute atomic E-state index is 13.0. The van der Waals surface area contributed by atoms with Gasteiger partial charge in [-0.3, -0.25) is 0 Å². The Bertz CT molecular complexity index is 686. The highest BCUT2D eigenvalue weighted by atomic mass is 35.5. The van der Waals surface area contributed by atoms with Crippen LogP contribution in [0.15, 0.2) is 30.3 Å². The first-order valence-corrected chi connectivity index (χ1v) is 6.02. The summed E-state index contributed by atoms with van der Waals surface area (Å²) in [7, 11) is 0. The molecule has 0 aliphatic heterocycles. The van der Waals surface area contributed by atoms with Crippen LogP contribution in [-0.4, -0.2) is 21.4 Å². The third kappa shape index (κ3) is 3.46. The molecule has 0 unspecified atom stereocenters. The summed E-state index contributed by atoms with van der Waals surface area (Å²) in [5.41, 5.74) is 0.305. The number of anilines is 2. The number of carbonyl (C=O) groups is 1. The smallest absolute Gasteiger partial charge is 0.323 e. The Labute approximate surface area is 123 Å². The molecular weight excluding hydrogens is 303 g/mol. The number of amides is 2. The fourth-order valence-corrected chi connectivity index (χ4v) is 1.72. The summed E-state index contributed by atoms with van der Waals surface area (Å²) >= 11 is 5.58. The lowest BCUT2D eigenvalue weighted by atomic mass is 10.2. The summed E-state index contributed by atoms with van der Waals surface area (Å²) < 4.78 is 13.0. The highest BCUT2D eigenvalue weighted by molar-refractivity contribution is 6.31. The largest absolute Gasteiger partial charge is 0.504 e. The van der Waals surface area contributed by atoms with E-state index in [2.05, 4.69) is 10.6 Å². The van der Waals surface area contributed by atoms with E-state index < -0.39 is 29.1 Å². The number of phenolic OH excluding ortho intramolecular Hbond substituents is 3. The van der Waals surface area contributed by atoms with Gasteiger partial charge in [-0.2, -0.15) is 0 Å². The van der Waals surface area contributed by atoms with Crippen LogP contribution in [0.25, 0.3) is 0 Å². The molecule has 0 spiro atoms. The monoisotopic (exact) mass is 312 g/mol. The molecule has 2 aromatic rings. The molecular formula is C13H10ClFN2O4. The minimum Gasteiger partial charge on any atom is -0.504 e. The van der Waals surface area contributed by atoms with E-state index >= 15 is 0 Å². The quantitative estimate of drug-likeness (QED) is 0.434. The van der Waals surface area contributed by atoms with Gasteiger partial charge >= 0.3 is 6.03 Å². The Balaban J connectivity index is 2.09. The van der Waals surface area contributed by atoms with Gasteiger partial charge in [0, 0.05) is 17.8 Å². The van der Waals surface area contributed by atoms with Crippen LogP contribution < -0.4 is 10.6 Å². The lowest BCUT2D eigenvalue weighted by Gasteiger charge is -2.09. The fourth-order valence-electron chi connectivity index (χ4n) is 1.54. The van der Waals surface area contributed by atoms with Crippen LogP contribution in [0.4, 0.5) is 20.6 Å². The van der Waals surface area contributed by atoms with Crippen molar-refractivity contribution in [2.75, 3.05) is 10.6 Å².